The van der Waals surface area contributed by atoms with Crippen LogP contribution >= 0.6 is 34.9 Å². The maximum atomic E-state index is 13.2. The van der Waals surface area contributed by atoms with Gasteiger partial charge in [-0.15, -0.1) is 34.9 Å². The van der Waals surface area contributed by atoms with E-state index in [0.717, 1.165) is 20.9 Å². The fourth-order valence-corrected chi connectivity index (χ4v) is 5.58. The molecular weight excluding hydrogens is 456 g/mol. The van der Waals surface area contributed by atoms with Crippen LogP contribution in [0.3, 0.4) is 0 Å². The third-order valence-corrected chi connectivity index (χ3v) is 7.85. The maximum absolute atomic E-state index is 13.2. The van der Waals surface area contributed by atoms with Crippen LogP contribution in [-0.4, -0.2) is 17.1 Å². The van der Waals surface area contributed by atoms with Gasteiger partial charge in [0.25, 0.3) is 5.56 Å². The molecule has 0 bridgehead atoms. The van der Waals surface area contributed by atoms with Crippen LogP contribution in [0.15, 0.2) is 68.7 Å². The van der Waals surface area contributed by atoms with E-state index in [1.165, 1.54) is 15.9 Å². The number of hydrogen-bond acceptors (Lipinski definition) is 7. The Kier molecular flexibility index (Phi) is 6.29. The molecule has 32 heavy (non-hydrogen) atoms. The van der Waals surface area contributed by atoms with E-state index in [1.807, 2.05) is 61.0 Å². The molecule has 2 aromatic carbocycles. The van der Waals surface area contributed by atoms with E-state index in [1.54, 1.807) is 29.6 Å². The molecule has 1 aliphatic heterocycles. The van der Waals surface area contributed by atoms with Crippen molar-refractivity contribution in [1.82, 2.24) is 4.57 Å². The van der Waals surface area contributed by atoms with E-state index in [4.69, 9.17) is 5.73 Å². The van der Waals surface area contributed by atoms with Gasteiger partial charge in [0.1, 0.15) is 10.5 Å². The molecule has 1 aromatic heterocycles. The van der Waals surface area contributed by atoms with Crippen molar-refractivity contribution in [2.24, 2.45) is 5.73 Å². The molecular formula is C24H18N4OS3. The summed E-state index contributed by atoms with van der Waals surface area (Å²) in [6.07, 6.45) is 5.78. The standard InChI is InChI=1S/C24H18N4OS3/c1-30-16-7-3-14(4-8-16)11-20-23(29)28-22(27)18(12-25)21(19(13-26)24(28)32-20)15-5-9-17(31-2)10-6-15/h3-11,21H,27H2,1-2H3/b20-11-/t21-/m1/s1. The second-order valence-corrected chi connectivity index (χ2v) is 9.76. The van der Waals surface area contributed by atoms with Crippen molar-refractivity contribution in [3.63, 3.8) is 0 Å². The zero-order chi connectivity index (χ0) is 22.8. The molecule has 0 aliphatic carbocycles. The highest BCUT2D eigenvalue weighted by Crippen LogP contribution is 2.36. The zero-order valence-corrected chi connectivity index (χ0v) is 19.8. The molecule has 4 rings (SSSR count). The number of nitrogens with two attached hydrogens (primary N) is 1. The minimum atomic E-state index is -0.604. The van der Waals surface area contributed by atoms with Crippen molar-refractivity contribution in [3.8, 4) is 12.1 Å². The van der Waals surface area contributed by atoms with Crippen LogP contribution in [0.4, 0.5) is 0 Å². The van der Waals surface area contributed by atoms with Gasteiger partial charge in [-0.3, -0.25) is 9.36 Å². The number of hydrogen-bond donors (Lipinski definition) is 1. The summed E-state index contributed by atoms with van der Waals surface area (Å²) >= 11 is 4.48. The Hall–Kier alpha value is -3.17. The number of thiazole rings is 1. The van der Waals surface area contributed by atoms with Crippen molar-refractivity contribution in [1.29, 1.82) is 10.5 Å². The van der Waals surface area contributed by atoms with Gasteiger partial charge in [-0.2, -0.15) is 10.5 Å². The lowest BCUT2D eigenvalue weighted by molar-refractivity contribution is 0.905. The summed E-state index contributed by atoms with van der Waals surface area (Å²) in [5, 5.41) is 19.9. The average Bonchev–Trinajstić information content (AvgIpc) is 3.15. The topological polar surface area (TPSA) is 95.6 Å². The average molecular weight is 475 g/mol. The molecule has 0 radical (unpaired) electrons. The summed E-state index contributed by atoms with van der Waals surface area (Å²) in [5.74, 6) is -0.522. The number of nitriles is 2. The quantitative estimate of drug-likeness (QED) is 0.583. The number of allylic oxidation sites excluding steroid dienone is 1. The summed E-state index contributed by atoms with van der Waals surface area (Å²) in [4.78, 5) is 15.4. The van der Waals surface area contributed by atoms with Gasteiger partial charge < -0.3 is 5.73 Å². The first kappa shape index (κ1) is 22.0. The first-order valence-corrected chi connectivity index (χ1v) is 12.8. The van der Waals surface area contributed by atoms with Crippen LogP contribution in [0.1, 0.15) is 17.0 Å². The molecule has 0 spiro atoms. The number of fused-ring (bicyclic) bond motifs is 1. The third-order valence-electron chi connectivity index (χ3n) is 5.25. The second kappa shape index (κ2) is 9.13. The van der Waals surface area contributed by atoms with Crippen LogP contribution in [-0.2, 0) is 0 Å². The largest absolute Gasteiger partial charge is 0.384 e. The zero-order valence-electron chi connectivity index (χ0n) is 17.3. The molecule has 158 valence electrons. The fraction of sp³-hybridized carbons (Fsp3) is 0.125. The molecule has 0 unspecified atom stereocenters. The van der Waals surface area contributed by atoms with Gasteiger partial charge in [-0.05, 0) is 54.0 Å². The van der Waals surface area contributed by atoms with Gasteiger partial charge in [-0.1, -0.05) is 24.3 Å². The molecule has 0 amide bonds. The summed E-state index contributed by atoms with van der Waals surface area (Å²) < 4.78 is 2.24. The Morgan fingerprint density at radius 3 is 2.06 bits per heavy atom. The molecule has 3 aromatic rings. The number of aromatic nitrogens is 1. The van der Waals surface area contributed by atoms with Gasteiger partial charge in [0.05, 0.1) is 33.7 Å². The van der Waals surface area contributed by atoms with E-state index >= 15 is 0 Å². The lowest BCUT2D eigenvalue weighted by atomic mass is 9.84. The predicted octanol–water partition coefficient (Wildman–Crippen LogP) is 3.30. The molecule has 0 saturated carbocycles. The normalized spacial score (nSPS) is 15.9. The monoisotopic (exact) mass is 474 g/mol. The van der Waals surface area contributed by atoms with Crippen molar-refractivity contribution in [2.75, 3.05) is 12.5 Å². The summed E-state index contributed by atoms with van der Waals surface area (Å²) in [6, 6.07) is 20.0. The summed E-state index contributed by atoms with van der Waals surface area (Å²) in [7, 11) is 0. The third kappa shape index (κ3) is 3.78. The van der Waals surface area contributed by atoms with E-state index in [0.29, 0.717) is 14.8 Å². The van der Waals surface area contributed by atoms with Crippen LogP contribution in [0.2, 0.25) is 0 Å². The van der Waals surface area contributed by atoms with Crippen molar-refractivity contribution in [3.05, 3.63) is 84.8 Å². The highest BCUT2D eigenvalue weighted by Gasteiger charge is 2.32. The highest BCUT2D eigenvalue weighted by atomic mass is 32.2. The summed E-state index contributed by atoms with van der Waals surface area (Å²) in [6.45, 7) is 0. The molecule has 0 saturated heterocycles. The Balaban J connectivity index is 1.97. The Morgan fingerprint density at radius 1 is 0.969 bits per heavy atom. The van der Waals surface area contributed by atoms with Gasteiger partial charge in [0.2, 0.25) is 0 Å². The van der Waals surface area contributed by atoms with Crippen molar-refractivity contribution >= 4 is 52.3 Å². The van der Waals surface area contributed by atoms with Crippen molar-refractivity contribution in [2.45, 2.75) is 15.7 Å². The summed E-state index contributed by atoms with van der Waals surface area (Å²) in [5.41, 5.74) is 8.24. The minimum Gasteiger partial charge on any atom is -0.384 e. The first-order valence-electron chi connectivity index (χ1n) is 9.58. The van der Waals surface area contributed by atoms with E-state index in [-0.39, 0.29) is 17.0 Å². The number of rotatable bonds is 4. The molecule has 2 heterocycles. The fourth-order valence-electron chi connectivity index (χ4n) is 3.63. The van der Waals surface area contributed by atoms with Crippen LogP contribution < -0.4 is 20.5 Å². The SMILES string of the molecule is CSc1ccc(/C=c2\sc3n(c2=O)C(N)=C(C#N)[C@@H](c2ccc(SC)cc2)C=3C#N)cc1. The number of benzene rings is 2. The number of nitrogens with zero attached hydrogens (tertiary/aromatic N) is 3. The van der Waals surface area contributed by atoms with Gasteiger partial charge in [0, 0.05) is 9.79 Å². The lowest BCUT2D eigenvalue weighted by Crippen LogP contribution is -2.38. The highest BCUT2D eigenvalue weighted by molar-refractivity contribution is 7.98. The number of thioether (sulfide) groups is 2. The molecule has 8 heteroatoms. The van der Waals surface area contributed by atoms with E-state index < -0.39 is 5.92 Å². The first-order chi connectivity index (χ1) is 15.5. The Bertz CT molecular complexity index is 1480. The van der Waals surface area contributed by atoms with E-state index in [9.17, 15) is 15.3 Å². The molecule has 1 atom stereocenters. The van der Waals surface area contributed by atoms with Gasteiger partial charge >= 0.3 is 0 Å². The molecule has 1 aliphatic rings. The molecule has 5 nitrogen and oxygen atoms in total. The molecule has 0 fully saturated rings. The van der Waals surface area contributed by atoms with Crippen molar-refractivity contribution < 1.29 is 0 Å². The Labute approximate surface area is 197 Å². The smallest absolute Gasteiger partial charge is 0.274 e. The van der Waals surface area contributed by atoms with E-state index in [2.05, 4.69) is 12.1 Å². The van der Waals surface area contributed by atoms with Crippen LogP contribution in [0.5, 0.6) is 0 Å². The Morgan fingerprint density at radius 2 is 1.53 bits per heavy atom. The lowest BCUT2D eigenvalue weighted by Gasteiger charge is -2.22. The van der Waals surface area contributed by atoms with Gasteiger partial charge in [-0.25, -0.2) is 0 Å². The maximum Gasteiger partial charge on any atom is 0.274 e. The van der Waals surface area contributed by atoms with Crippen LogP contribution in [0.25, 0.3) is 17.5 Å². The molecule has 2 N–H and O–H groups in total. The minimum absolute atomic E-state index is 0.0825. The van der Waals surface area contributed by atoms with Crippen LogP contribution in [0, 0.1) is 22.7 Å². The predicted molar refractivity (Wildman–Crippen MR) is 133 cm³/mol. The second-order valence-electron chi connectivity index (χ2n) is 6.97. The van der Waals surface area contributed by atoms with Gasteiger partial charge in [0.15, 0.2) is 0 Å².